The molecule has 1 fully saturated rings. The summed E-state index contributed by atoms with van der Waals surface area (Å²) in [5, 5.41) is 1.15. The van der Waals surface area contributed by atoms with E-state index in [1.807, 2.05) is 19.3 Å². The van der Waals surface area contributed by atoms with Crippen molar-refractivity contribution in [3.63, 3.8) is 0 Å². The third-order valence-corrected chi connectivity index (χ3v) is 8.70. The van der Waals surface area contributed by atoms with E-state index in [-0.39, 0.29) is 0 Å². The van der Waals surface area contributed by atoms with Gasteiger partial charge >= 0.3 is 0 Å². The maximum atomic E-state index is 11.4. The number of H-pyrrole nitrogens is 1. The third kappa shape index (κ3) is 4.88. The molecule has 0 spiro atoms. The van der Waals surface area contributed by atoms with Crippen LogP contribution in [0.3, 0.4) is 0 Å². The molecule has 1 N–H and O–H groups in total. The summed E-state index contributed by atoms with van der Waals surface area (Å²) in [5.74, 6) is 1.76. The maximum absolute atomic E-state index is 11.4. The molecule has 1 saturated carbocycles. The first-order chi connectivity index (χ1) is 16.7. The Bertz CT molecular complexity index is 1460. The number of aryl methyl sites for hydroxylation is 1. The highest BCUT2D eigenvalue weighted by atomic mass is 32.2. The highest BCUT2D eigenvalue weighted by Gasteiger charge is 2.26. The zero-order chi connectivity index (χ0) is 24.7. The Morgan fingerprint density at radius 3 is 2.63 bits per heavy atom. The number of nitrogens with zero attached hydrogens (tertiary/aromatic N) is 3. The lowest BCUT2D eigenvalue weighted by Crippen LogP contribution is -2.15. The van der Waals surface area contributed by atoms with Gasteiger partial charge in [-0.05, 0) is 74.6 Å². The average Bonchev–Trinajstić information content (AvgIpc) is 3.36. The minimum Gasteiger partial charge on any atom is -0.353 e. The predicted molar refractivity (Wildman–Crippen MR) is 144 cm³/mol. The number of pyridine rings is 2. The van der Waals surface area contributed by atoms with Crippen LogP contribution in [0.1, 0.15) is 75.5 Å². The fraction of sp³-hybridized carbons (Fsp3) is 0.500. The van der Waals surface area contributed by atoms with Crippen LogP contribution >= 0.6 is 0 Å². The van der Waals surface area contributed by atoms with Crippen LogP contribution in [0.4, 0.5) is 0 Å². The van der Waals surface area contributed by atoms with Gasteiger partial charge in [0.15, 0.2) is 0 Å². The van der Waals surface area contributed by atoms with Crippen molar-refractivity contribution in [1.29, 1.82) is 0 Å². The van der Waals surface area contributed by atoms with Crippen LogP contribution in [0.25, 0.3) is 33.3 Å². The molecule has 4 aromatic heterocycles. The van der Waals surface area contributed by atoms with Crippen LogP contribution in [0, 0.1) is 5.92 Å². The van der Waals surface area contributed by atoms with Crippen LogP contribution in [0.5, 0.6) is 0 Å². The molecular weight excluding hydrogens is 456 g/mol. The van der Waals surface area contributed by atoms with Crippen LogP contribution in [0.2, 0.25) is 0 Å². The van der Waals surface area contributed by atoms with E-state index in [0.717, 1.165) is 66.3 Å². The summed E-state index contributed by atoms with van der Waals surface area (Å²) in [4.78, 5) is 13.5. The van der Waals surface area contributed by atoms with E-state index in [0.29, 0.717) is 23.5 Å². The van der Waals surface area contributed by atoms with Gasteiger partial charge in [0.1, 0.15) is 15.5 Å². The van der Waals surface area contributed by atoms with Crippen LogP contribution in [-0.2, 0) is 16.9 Å². The van der Waals surface area contributed by atoms with Gasteiger partial charge in [0.2, 0.25) is 0 Å². The van der Waals surface area contributed by atoms with Gasteiger partial charge in [-0.2, -0.15) is 0 Å². The van der Waals surface area contributed by atoms with Gasteiger partial charge < -0.3 is 9.55 Å². The summed E-state index contributed by atoms with van der Waals surface area (Å²) >= 11 is 0. The van der Waals surface area contributed by atoms with Gasteiger partial charge in [0.25, 0.3) is 0 Å². The van der Waals surface area contributed by atoms with Crippen LogP contribution in [-0.4, -0.2) is 39.9 Å². The minimum absolute atomic E-state index is 0.311. The molecule has 0 amide bonds. The standard InChI is InChI=1S/C28H36N4O2S/c1-18(2)25-26(22-17-32(3)28-21(22)8-5-15-29-28)31-24-14-13-23(30-27(24)25)20-11-9-19(10-12-20)7-6-16-35(4,33)34/h5,8,13-15,17-20,31H,6-7,9-12,16H2,1-4H3. The number of hydrogen-bond donors (Lipinski definition) is 1. The highest BCUT2D eigenvalue weighted by molar-refractivity contribution is 7.90. The second-order valence-corrected chi connectivity index (χ2v) is 13.0. The van der Waals surface area contributed by atoms with Crippen LogP contribution < -0.4 is 0 Å². The summed E-state index contributed by atoms with van der Waals surface area (Å²) < 4.78 is 25.0. The Kier molecular flexibility index (Phi) is 6.47. The molecule has 0 atom stereocenters. The van der Waals surface area contributed by atoms with Gasteiger partial charge in [-0.15, -0.1) is 0 Å². The van der Waals surface area contributed by atoms with Crippen molar-refractivity contribution in [2.75, 3.05) is 12.0 Å². The molecule has 4 heterocycles. The Morgan fingerprint density at radius 2 is 1.91 bits per heavy atom. The van der Waals surface area contributed by atoms with Gasteiger partial charge in [-0.1, -0.05) is 13.8 Å². The van der Waals surface area contributed by atoms with Crippen molar-refractivity contribution in [3.8, 4) is 11.3 Å². The molecule has 4 aromatic rings. The fourth-order valence-electron chi connectivity index (χ4n) is 5.90. The average molecular weight is 493 g/mol. The molecule has 35 heavy (non-hydrogen) atoms. The molecule has 186 valence electrons. The Hall–Kier alpha value is -2.67. The van der Waals surface area contributed by atoms with Crippen LogP contribution in [0.15, 0.2) is 36.7 Å². The molecule has 0 aliphatic heterocycles. The topological polar surface area (TPSA) is 80.6 Å². The Labute approximate surface area is 208 Å². The van der Waals surface area contributed by atoms with E-state index in [1.54, 1.807) is 0 Å². The number of hydrogen-bond acceptors (Lipinski definition) is 4. The van der Waals surface area contributed by atoms with Crippen molar-refractivity contribution in [2.45, 2.75) is 64.2 Å². The summed E-state index contributed by atoms with van der Waals surface area (Å²) in [6.45, 7) is 4.48. The predicted octanol–water partition coefficient (Wildman–Crippen LogP) is 6.34. The zero-order valence-corrected chi connectivity index (χ0v) is 22.0. The first-order valence-corrected chi connectivity index (χ1v) is 14.9. The van der Waals surface area contributed by atoms with Crippen molar-refractivity contribution in [1.82, 2.24) is 19.5 Å². The summed E-state index contributed by atoms with van der Waals surface area (Å²) in [6, 6.07) is 8.54. The van der Waals surface area contributed by atoms with E-state index in [1.165, 1.54) is 23.1 Å². The Balaban J connectivity index is 1.41. The first-order valence-electron chi connectivity index (χ1n) is 12.8. The van der Waals surface area contributed by atoms with E-state index in [4.69, 9.17) is 4.98 Å². The van der Waals surface area contributed by atoms with Crippen molar-refractivity contribution >= 4 is 31.9 Å². The highest BCUT2D eigenvalue weighted by Crippen LogP contribution is 2.41. The number of aromatic amines is 1. The SMILES string of the molecule is CC(C)c1c(-c2cn(C)c3ncccc23)[nH]c2ccc(C3CCC(CCCS(C)(=O)=O)CC3)nc12. The largest absolute Gasteiger partial charge is 0.353 e. The van der Waals surface area contributed by atoms with E-state index < -0.39 is 9.84 Å². The summed E-state index contributed by atoms with van der Waals surface area (Å²) in [7, 11) is -0.812. The molecule has 0 saturated heterocycles. The molecule has 5 rings (SSSR count). The lowest BCUT2D eigenvalue weighted by Gasteiger charge is -2.28. The van der Waals surface area contributed by atoms with Gasteiger partial charge in [0, 0.05) is 59.6 Å². The molecular formula is C28H36N4O2S. The van der Waals surface area contributed by atoms with Gasteiger partial charge in [-0.25, -0.2) is 13.4 Å². The molecule has 0 bridgehead atoms. The minimum atomic E-state index is -2.86. The van der Waals surface area contributed by atoms with Gasteiger partial charge in [-0.3, -0.25) is 4.98 Å². The zero-order valence-electron chi connectivity index (χ0n) is 21.2. The smallest absolute Gasteiger partial charge is 0.147 e. The quantitative estimate of drug-likeness (QED) is 0.326. The van der Waals surface area contributed by atoms with Crippen molar-refractivity contribution < 1.29 is 8.42 Å². The monoisotopic (exact) mass is 492 g/mol. The first kappa shape index (κ1) is 24.0. The maximum Gasteiger partial charge on any atom is 0.147 e. The summed E-state index contributed by atoms with van der Waals surface area (Å²) in [6.07, 6.45) is 11.7. The van der Waals surface area contributed by atoms with Crippen molar-refractivity contribution in [2.24, 2.45) is 13.0 Å². The van der Waals surface area contributed by atoms with E-state index >= 15 is 0 Å². The summed E-state index contributed by atoms with van der Waals surface area (Å²) in [5.41, 5.74) is 7.94. The number of fused-ring (bicyclic) bond motifs is 2. The Morgan fingerprint density at radius 1 is 1.14 bits per heavy atom. The lowest BCUT2D eigenvalue weighted by molar-refractivity contribution is 0.306. The second kappa shape index (κ2) is 9.41. The molecule has 1 aliphatic rings. The number of aromatic nitrogens is 4. The van der Waals surface area contributed by atoms with E-state index in [2.05, 4.69) is 52.8 Å². The normalized spacial score (nSPS) is 19.2. The lowest BCUT2D eigenvalue weighted by atomic mass is 9.78. The molecule has 0 radical (unpaired) electrons. The fourth-order valence-corrected chi connectivity index (χ4v) is 6.59. The molecule has 1 aliphatic carbocycles. The molecule has 6 nitrogen and oxygen atoms in total. The number of rotatable bonds is 7. The molecule has 7 heteroatoms. The second-order valence-electron chi connectivity index (χ2n) is 10.7. The number of nitrogens with one attached hydrogen (secondary N) is 1. The van der Waals surface area contributed by atoms with Crippen molar-refractivity contribution in [3.05, 3.63) is 47.9 Å². The van der Waals surface area contributed by atoms with E-state index in [9.17, 15) is 8.42 Å². The van der Waals surface area contributed by atoms with Gasteiger partial charge in [0.05, 0.1) is 16.7 Å². The molecule has 0 aromatic carbocycles. The number of sulfone groups is 1. The third-order valence-electron chi connectivity index (χ3n) is 7.67. The molecule has 0 unspecified atom stereocenters.